The Balaban J connectivity index is 0. The van der Waals surface area contributed by atoms with Crippen LogP contribution in [0.5, 0.6) is 0 Å². The molecule has 0 atom stereocenters. The van der Waals surface area contributed by atoms with Crippen LogP contribution >= 0.6 is 0 Å². The van der Waals surface area contributed by atoms with Gasteiger partial charge in [-0.15, -0.1) is 0 Å². The van der Waals surface area contributed by atoms with E-state index in [0.717, 1.165) is 19.6 Å². The molecule has 0 unspecified atom stereocenters. The van der Waals surface area contributed by atoms with E-state index in [1.807, 2.05) is 6.92 Å². The molecule has 0 saturated carbocycles. The minimum Gasteiger partial charge on any atom is -0.381 e. The van der Waals surface area contributed by atoms with Gasteiger partial charge in [0.15, 0.2) is 0 Å². The summed E-state index contributed by atoms with van der Waals surface area (Å²) in [5.74, 6) is 0. The molecule has 1 heterocycles. The summed E-state index contributed by atoms with van der Waals surface area (Å²) in [6, 6.07) is 0. The third kappa shape index (κ3) is 11.9. The molecule has 2 heteroatoms. The van der Waals surface area contributed by atoms with Gasteiger partial charge < -0.3 is 11.7 Å². The van der Waals surface area contributed by atoms with Crippen LogP contribution in [0, 0.1) is 6.92 Å². The number of ether oxygens (including phenoxy) is 1. The number of hydrogen-bond acceptors (Lipinski definition) is 1. The normalized spacial score (nSPS) is 15.3. The molecule has 0 aromatic heterocycles. The SMILES string of the molecule is C1CCOC1.[CH2-]CC.[Li+]. The molecule has 1 saturated heterocycles. The number of rotatable bonds is 0. The fourth-order valence-corrected chi connectivity index (χ4v) is 0.510. The van der Waals surface area contributed by atoms with Gasteiger partial charge >= 0.3 is 18.9 Å². The van der Waals surface area contributed by atoms with Crippen LogP contribution < -0.4 is 18.9 Å². The second kappa shape index (κ2) is 11.4. The zero-order valence-electron chi connectivity index (χ0n) is 6.65. The molecule has 50 valence electrons. The van der Waals surface area contributed by atoms with Crippen LogP contribution in [0.25, 0.3) is 0 Å². The van der Waals surface area contributed by atoms with Gasteiger partial charge in [0, 0.05) is 13.2 Å². The number of hydrogen-bond donors (Lipinski definition) is 0. The second-order valence-corrected chi connectivity index (χ2v) is 1.82. The molecule has 0 amide bonds. The van der Waals surface area contributed by atoms with Gasteiger partial charge in [0.1, 0.15) is 0 Å². The first kappa shape index (κ1) is 12.3. The van der Waals surface area contributed by atoms with Crippen molar-refractivity contribution in [1.29, 1.82) is 0 Å². The van der Waals surface area contributed by atoms with Crippen molar-refractivity contribution in [3.05, 3.63) is 6.92 Å². The predicted molar refractivity (Wildman–Crippen MR) is 35.7 cm³/mol. The van der Waals surface area contributed by atoms with Gasteiger partial charge in [0.2, 0.25) is 0 Å². The van der Waals surface area contributed by atoms with E-state index in [1.54, 1.807) is 0 Å². The van der Waals surface area contributed by atoms with Gasteiger partial charge in [-0.3, -0.25) is 0 Å². The average molecular weight is 122 g/mol. The van der Waals surface area contributed by atoms with E-state index in [1.165, 1.54) is 12.8 Å². The van der Waals surface area contributed by atoms with E-state index < -0.39 is 0 Å². The van der Waals surface area contributed by atoms with Crippen LogP contribution in [-0.2, 0) is 4.74 Å². The first-order chi connectivity index (χ1) is 3.91. The topological polar surface area (TPSA) is 9.23 Å². The summed E-state index contributed by atoms with van der Waals surface area (Å²) < 4.78 is 4.94. The molecule has 1 fully saturated rings. The van der Waals surface area contributed by atoms with E-state index in [4.69, 9.17) is 4.74 Å². The van der Waals surface area contributed by atoms with Gasteiger partial charge in [-0.05, 0) is 12.8 Å². The third-order valence-electron chi connectivity index (χ3n) is 0.827. The molecule has 1 nitrogen and oxygen atoms in total. The van der Waals surface area contributed by atoms with Gasteiger partial charge in [0.05, 0.1) is 0 Å². The largest absolute Gasteiger partial charge is 1.00 e. The fourth-order valence-electron chi connectivity index (χ4n) is 0.510. The summed E-state index contributed by atoms with van der Waals surface area (Å²) in [5, 5.41) is 0. The smallest absolute Gasteiger partial charge is 0.381 e. The van der Waals surface area contributed by atoms with Crippen molar-refractivity contribution in [2.45, 2.75) is 26.2 Å². The Labute approximate surface area is 70.3 Å². The molecule has 1 rings (SSSR count). The van der Waals surface area contributed by atoms with E-state index >= 15 is 0 Å². The molecule has 0 aromatic carbocycles. The molecule has 1 aliphatic heterocycles. The molecule has 0 bridgehead atoms. The van der Waals surface area contributed by atoms with Crippen molar-refractivity contribution in [3.8, 4) is 0 Å². The standard InChI is InChI=1S/C4H8O.C3H7.Li/c1-2-4-5-3-1;1-3-2;/h1-4H2;1,3H2,2H3;/q;-1;+1. The van der Waals surface area contributed by atoms with Crippen molar-refractivity contribution >= 4 is 0 Å². The molecule has 0 spiro atoms. The first-order valence-electron chi connectivity index (χ1n) is 3.28. The van der Waals surface area contributed by atoms with Gasteiger partial charge in [-0.1, -0.05) is 6.92 Å². The van der Waals surface area contributed by atoms with Crippen LogP contribution in [0.4, 0.5) is 0 Å². The zero-order valence-corrected chi connectivity index (χ0v) is 6.65. The molecule has 0 aromatic rings. The van der Waals surface area contributed by atoms with Crippen molar-refractivity contribution in [2.75, 3.05) is 13.2 Å². The Kier molecular flexibility index (Phi) is 15.5. The van der Waals surface area contributed by atoms with E-state index in [9.17, 15) is 0 Å². The van der Waals surface area contributed by atoms with Crippen molar-refractivity contribution in [2.24, 2.45) is 0 Å². The van der Waals surface area contributed by atoms with Gasteiger partial charge in [0.25, 0.3) is 0 Å². The first-order valence-corrected chi connectivity index (χ1v) is 3.28. The summed E-state index contributed by atoms with van der Waals surface area (Å²) in [7, 11) is 0. The minimum absolute atomic E-state index is 0. The predicted octanol–water partition coefficient (Wildman–Crippen LogP) is -0.969. The van der Waals surface area contributed by atoms with Gasteiger partial charge in [-0.2, -0.15) is 6.42 Å². The van der Waals surface area contributed by atoms with Crippen LogP contribution in [-0.4, -0.2) is 13.2 Å². The Bertz CT molecular complexity index is 28.3. The third-order valence-corrected chi connectivity index (χ3v) is 0.827. The molecule has 1 aliphatic rings. The van der Waals surface area contributed by atoms with Crippen molar-refractivity contribution < 1.29 is 23.6 Å². The Morgan fingerprint density at radius 3 is 1.78 bits per heavy atom. The molecule has 0 aliphatic carbocycles. The molecule has 0 N–H and O–H groups in total. The van der Waals surface area contributed by atoms with Crippen molar-refractivity contribution in [3.63, 3.8) is 0 Å². The second-order valence-electron chi connectivity index (χ2n) is 1.82. The quantitative estimate of drug-likeness (QED) is 0.297. The molecule has 9 heavy (non-hydrogen) atoms. The summed E-state index contributed by atoms with van der Waals surface area (Å²) in [5.41, 5.74) is 0. The summed E-state index contributed by atoms with van der Waals surface area (Å²) >= 11 is 0. The Morgan fingerprint density at radius 1 is 1.33 bits per heavy atom. The van der Waals surface area contributed by atoms with Crippen molar-refractivity contribution in [1.82, 2.24) is 0 Å². The van der Waals surface area contributed by atoms with Crippen LogP contribution in [0.1, 0.15) is 26.2 Å². The van der Waals surface area contributed by atoms with E-state index in [0.29, 0.717) is 0 Å². The fraction of sp³-hybridized carbons (Fsp3) is 0.857. The Morgan fingerprint density at radius 2 is 1.67 bits per heavy atom. The van der Waals surface area contributed by atoms with E-state index in [-0.39, 0.29) is 18.9 Å². The zero-order chi connectivity index (χ0) is 6.24. The molecule has 0 radical (unpaired) electrons. The van der Waals surface area contributed by atoms with E-state index in [2.05, 4.69) is 6.92 Å². The van der Waals surface area contributed by atoms with Gasteiger partial charge in [-0.25, -0.2) is 0 Å². The molecular weight excluding hydrogens is 107 g/mol. The Hall–Kier alpha value is 0.557. The maximum absolute atomic E-state index is 4.94. The van der Waals surface area contributed by atoms with Crippen LogP contribution in [0.2, 0.25) is 0 Å². The maximum atomic E-state index is 4.94. The minimum atomic E-state index is 0. The molecular formula is C7H15LiO. The van der Waals surface area contributed by atoms with Crippen LogP contribution in [0.15, 0.2) is 0 Å². The average Bonchev–Trinajstić information content (AvgIpc) is 2.17. The summed E-state index contributed by atoms with van der Waals surface area (Å²) in [6.07, 6.45) is 3.56. The summed E-state index contributed by atoms with van der Waals surface area (Å²) in [4.78, 5) is 0. The monoisotopic (exact) mass is 122 g/mol. The maximum Gasteiger partial charge on any atom is 1.00 e. The summed E-state index contributed by atoms with van der Waals surface area (Å²) in [6.45, 7) is 7.50. The van der Waals surface area contributed by atoms with Crippen LogP contribution in [0.3, 0.4) is 0 Å².